The van der Waals surface area contributed by atoms with Crippen LogP contribution in [-0.4, -0.2) is 42.1 Å². The average Bonchev–Trinajstić information content (AvgIpc) is 3.06. The third kappa shape index (κ3) is 2.00. The number of ether oxygens (including phenoxy) is 2. The molecule has 2 aliphatic heterocycles. The molecule has 2 saturated heterocycles. The largest absolute Gasteiger partial charge is 0.348 e. The Balaban J connectivity index is 1.54. The predicted octanol–water partition coefficient (Wildman–Crippen LogP) is 2.03. The van der Waals surface area contributed by atoms with Gasteiger partial charge in [-0.2, -0.15) is 0 Å². The van der Waals surface area contributed by atoms with Crippen molar-refractivity contribution < 1.29 is 9.47 Å². The van der Waals surface area contributed by atoms with Gasteiger partial charge in [0.15, 0.2) is 10.9 Å². The SMILES string of the molecule is c1cnc2sc(N3CCC4(CC3)OCCO4)nc2c1. The summed E-state index contributed by atoms with van der Waals surface area (Å²) in [7, 11) is 0. The lowest BCUT2D eigenvalue weighted by Gasteiger charge is -2.37. The van der Waals surface area contributed by atoms with Crippen LogP contribution in [0.4, 0.5) is 5.13 Å². The molecule has 4 rings (SSSR count). The van der Waals surface area contributed by atoms with E-state index in [2.05, 4.69) is 14.9 Å². The molecule has 0 unspecified atom stereocenters. The van der Waals surface area contributed by atoms with Gasteiger partial charge in [-0.25, -0.2) is 9.97 Å². The maximum absolute atomic E-state index is 5.75. The molecule has 0 atom stereocenters. The second-order valence-electron chi connectivity index (χ2n) is 4.92. The minimum absolute atomic E-state index is 0.314. The van der Waals surface area contributed by atoms with Crippen LogP contribution in [0.15, 0.2) is 18.3 Å². The highest BCUT2D eigenvalue weighted by Crippen LogP contribution is 2.35. The molecule has 0 bridgehead atoms. The van der Waals surface area contributed by atoms with Crippen LogP contribution in [0, 0.1) is 0 Å². The quantitative estimate of drug-likeness (QED) is 0.798. The summed E-state index contributed by atoms with van der Waals surface area (Å²) in [5.41, 5.74) is 0.983. The number of aromatic nitrogens is 2. The zero-order chi connectivity index (χ0) is 12.7. The molecule has 1 spiro atoms. The van der Waals surface area contributed by atoms with Crippen molar-refractivity contribution >= 4 is 26.8 Å². The Labute approximate surface area is 115 Å². The Morgan fingerprint density at radius 2 is 2.00 bits per heavy atom. The number of thiazole rings is 1. The third-order valence-electron chi connectivity index (χ3n) is 3.76. The molecule has 100 valence electrons. The van der Waals surface area contributed by atoms with Crippen LogP contribution in [0.2, 0.25) is 0 Å². The highest BCUT2D eigenvalue weighted by molar-refractivity contribution is 7.21. The summed E-state index contributed by atoms with van der Waals surface area (Å²) in [6.07, 6.45) is 3.64. The van der Waals surface area contributed by atoms with E-state index in [4.69, 9.17) is 9.47 Å². The molecule has 2 aliphatic rings. The van der Waals surface area contributed by atoms with Crippen molar-refractivity contribution in [1.29, 1.82) is 0 Å². The molecule has 0 aromatic carbocycles. The molecule has 19 heavy (non-hydrogen) atoms. The molecule has 6 heteroatoms. The van der Waals surface area contributed by atoms with Crippen LogP contribution < -0.4 is 4.90 Å². The topological polar surface area (TPSA) is 47.5 Å². The van der Waals surface area contributed by atoms with Gasteiger partial charge in [0.2, 0.25) is 0 Å². The van der Waals surface area contributed by atoms with Crippen LogP contribution in [0.3, 0.4) is 0 Å². The van der Waals surface area contributed by atoms with Gasteiger partial charge in [0.05, 0.1) is 13.2 Å². The first-order chi connectivity index (χ1) is 9.35. The minimum atomic E-state index is -0.314. The number of fused-ring (bicyclic) bond motifs is 1. The molecule has 0 saturated carbocycles. The van der Waals surface area contributed by atoms with Crippen molar-refractivity contribution in [2.45, 2.75) is 18.6 Å². The van der Waals surface area contributed by atoms with Gasteiger partial charge in [0.25, 0.3) is 0 Å². The third-order valence-corrected chi connectivity index (χ3v) is 4.80. The lowest BCUT2D eigenvalue weighted by molar-refractivity contribution is -0.169. The Hall–Kier alpha value is -1.24. The average molecular weight is 277 g/mol. The second-order valence-corrected chi connectivity index (χ2v) is 5.87. The monoisotopic (exact) mass is 277 g/mol. The van der Waals surface area contributed by atoms with Gasteiger partial charge in [0.1, 0.15) is 10.3 Å². The number of hydrogen-bond acceptors (Lipinski definition) is 6. The lowest BCUT2D eigenvalue weighted by atomic mass is 10.0. The first kappa shape index (κ1) is 11.6. The van der Waals surface area contributed by atoms with Crippen molar-refractivity contribution in [3.05, 3.63) is 18.3 Å². The van der Waals surface area contributed by atoms with Crippen LogP contribution in [0.5, 0.6) is 0 Å². The van der Waals surface area contributed by atoms with Crippen molar-refractivity contribution in [2.75, 3.05) is 31.2 Å². The Morgan fingerprint density at radius 1 is 1.21 bits per heavy atom. The molecule has 4 heterocycles. The van der Waals surface area contributed by atoms with Crippen LogP contribution in [0.25, 0.3) is 10.3 Å². The molecular formula is C13H15N3O2S. The van der Waals surface area contributed by atoms with Crippen molar-refractivity contribution in [3.63, 3.8) is 0 Å². The molecule has 2 fully saturated rings. The summed E-state index contributed by atoms with van der Waals surface area (Å²) < 4.78 is 11.5. The van der Waals surface area contributed by atoms with E-state index in [-0.39, 0.29) is 5.79 Å². The summed E-state index contributed by atoms with van der Waals surface area (Å²) in [6, 6.07) is 3.94. The van der Waals surface area contributed by atoms with E-state index in [9.17, 15) is 0 Å². The summed E-state index contributed by atoms with van der Waals surface area (Å²) >= 11 is 1.66. The van der Waals surface area contributed by atoms with Crippen molar-refractivity contribution in [1.82, 2.24) is 9.97 Å². The maximum atomic E-state index is 5.75. The van der Waals surface area contributed by atoms with E-state index in [1.165, 1.54) is 0 Å². The number of anilines is 1. The normalized spacial score (nSPS) is 22.4. The number of nitrogens with zero attached hydrogens (tertiary/aromatic N) is 3. The van der Waals surface area contributed by atoms with Gasteiger partial charge in [-0.3, -0.25) is 0 Å². The number of rotatable bonds is 1. The Bertz CT molecular complexity index is 551. The van der Waals surface area contributed by atoms with E-state index in [1.54, 1.807) is 11.3 Å². The van der Waals surface area contributed by atoms with E-state index >= 15 is 0 Å². The molecule has 0 aliphatic carbocycles. The molecule has 0 radical (unpaired) electrons. The van der Waals surface area contributed by atoms with E-state index in [1.807, 2.05) is 18.3 Å². The zero-order valence-electron chi connectivity index (χ0n) is 10.5. The second kappa shape index (κ2) is 4.40. The van der Waals surface area contributed by atoms with E-state index in [0.29, 0.717) is 0 Å². The highest BCUT2D eigenvalue weighted by Gasteiger charge is 2.40. The van der Waals surface area contributed by atoms with Gasteiger partial charge in [-0.05, 0) is 12.1 Å². The van der Waals surface area contributed by atoms with Crippen LogP contribution in [0.1, 0.15) is 12.8 Å². The molecule has 2 aromatic rings. The van der Waals surface area contributed by atoms with Gasteiger partial charge < -0.3 is 14.4 Å². The first-order valence-electron chi connectivity index (χ1n) is 6.59. The fourth-order valence-corrected chi connectivity index (χ4v) is 3.68. The van der Waals surface area contributed by atoms with Gasteiger partial charge >= 0.3 is 0 Å². The predicted molar refractivity (Wildman–Crippen MR) is 73.5 cm³/mol. The molecular weight excluding hydrogens is 262 g/mol. The molecule has 0 amide bonds. The van der Waals surface area contributed by atoms with Crippen molar-refractivity contribution in [2.24, 2.45) is 0 Å². The summed E-state index contributed by atoms with van der Waals surface area (Å²) in [5.74, 6) is -0.314. The molecule has 5 nitrogen and oxygen atoms in total. The zero-order valence-corrected chi connectivity index (χ0v) is 11.4. The van der Waals surface area contributed by atoms with Crippen molar-refractivity contribution in [3.8, 4) is 0 Å². The Morgan fingerprint density at radius 3 is 2.74 bits per heavy atom. The summed E-state index contributed by atoms with van der Waals surface area (Å²) in [4.78, 5) is 12.3. The van der Waals surface area contributed by atoms with Crippen LogP contribution in [-0.2, 0) is 9.47 Å². The Kier molecular flexibility index (Phi) is 2.68. The molecule has 2 aromatic heterocycles. The smallest absolute Gasteiger partial charge is 0.187 e. The first-order valence-corrected chi connectivity index (χ1v) is 7.41. The number of hydrogen-bond donors (Lipinski definition) is 0. The van der Waals surface area contributed by atoms with Gasteiger partial charge in [-0.15, -0.1) is 0 Å². The highest BCUT2D eigenvalue weighted by atomic mass is 32.1. The fraction of sp³-hybridized carbons (Fsp3) is 0.538. The summed E-state index contributed by atoms with van der Waals surface area (Å²) in [5, 5.41) is 1.06. The van der Waals surface area contributed by atoms with Gasteiger partial charge in [0, 0.05) is 32.1 Å². The minimum Gasteiger partial charge on any atom is -0.348 e. The van der Waals surface area contributed by atoms with E-state index in [0.717, 1.165) is 54.6 Å². The summed E-state index contributed by atoms with van der Waals surface area (Å²) in [6.45, 7) is 3.32. The maximum Gasteiger partial charge on any atom is 0.187 e. The number of pyridine rings is 1. The lowest BCUT2D eigenvalue weighted by Crippen LogP contribution is -2.45. The van der Waals surface area contributed by atoms with Gasteiger partial charge in [-0.1, -0.05) is 11.3 Å². The number of piperidine rings is 1. The van der Waals surface area contributed by atoms with Crippen LogP contribution >= 0.6 is 11.3 Å². The van der Waals surface area contributed by atoms with E-state index < -0.39 is 0 Å². The molecule has 0 N–H and O–H groups in total. The standard InChI is InChI=1S/C13H15N3O2S/c1-2-10-11(14-5-1)19-12(15-10)16-6-3-13(4-7-16)17-8-9-18-13/h1-2,5H,3-4,6-9H2. The fourth-order valence-electron chi connectivity index (χ4n) is 2.72.